The molecule has 1 saturated heterocycles. The van der Waals surface area contributed by atoms with Gasteiger partial charge in [0.15, 0.2) is 11.5 Å². The van der Waals surface area contributed by atoms with Gasteiger partial charge < -0.3 is 15.0 Å². The van der Waals surface area contributed by atoms with Crippen LogP contribution in [0, 0.1) is 5.82 Å². The number of hydrogen-bond acceptors (Lipinski definition) is 6. The second-order valence-corrected chi connectivity index (χ2v) is 8.77. The standard InChI is InChI=1S/C21H20F3N7O2/c22-11-1-6-14-15(7-11)30(10-25-14)19-27-17(29-8-21(23,24)9-29)16-18(28-19)31(20(33)26-16)12-2-4-13(32)5-3-12/h1,6-7,10,12-13,32H,2-5,8-9H2,(H,26,33)/t12-,13-. The van der Waals surface area contributed by atoms with Crippen molar-refractivity contribution in [3.8, 4) is 5.95 Å². The van der Waals surface area contributed by atoms with Gasteiger partial charge >= 0.3 is 5.69 Å². The molecule has 33 heavy (non-hydrogen) atoms. The SMILES string of the molecule is O=c1[nH]c2c(N3CC(F)(F)C3)nc(-n3cnc4ccc(F)cc43)nc2n1[C@H]1CC[C@H](O)CC1. The van der Waals surface area contributed by atoms with E-state index in [1.165, 1.54) is 38.6 Å². The molecule has 172 valence electrons. The lowest BCUT2D eigenvalue weighted by atomic mass is 9.93. The topological polar surface area (TPSA) is 105 Å². The van der Waals surface area contributed by atoms with Gasteiger partial charge in [-0.2, -0.15) is 9.97 Å². The molecule has 3 aromatic heterocycles. The summed E-state index contributed by atoms with van der Waals surface area (Å²) in [6.45, 7) is -1.05. The van der Waals surface area contributed by atoms with Crippen LogP contribution >= 0.6 is 0 Å². The number of aliphatic hydroxyl groups is 1. The molecule has 12 heteroatoms. The van der Waals surface area contributed by atoms with Crippen LogP contribution in [-0.2, 0) is 0 Å². The van der Waals surface area contributed by atoms with Crippen LogP contribution in [0.2, 0.25) is 0 Å². The van der Waals surface area contributed by atoms with Gasteiger partial charge in [-0.15, -0.1) is 0 Å². The minimum Gasteiger partial charge on any atom is -0.393 e. The summed E-state index contributed by atoms with van der Waals surface area (Å²) in [5.74, 6) is -3.02. The summed E-state index contributed by atoms with van der Waals surface area (Å²) in [6.07, 6.45) is 3.31. The van der Waals surface area contributed by atoms with Gasteiger partial charge in [0, 0.05) is 12.1 Å². The van der Waals surface area contributed by atoms with Crippen molar-refractivity contribution in [1.29, 1.82) is 0 Å². The van der Waals surface area contributed by atoms with Crippen LogP contribution in [-0.4, -0.2) is 59.3 Å². The Morgan fingerprint density at radius 2 is 1.88 bits per heavy atom. The number of benzene rings is 1. The summed E-state index contributed by atoms with van der Waals surface area (Å²) in [6, 6.07) is 3.91. The largest absolute Gasteiger partial charge is 0.393 e. The minimum absolute atomic E-state index is 0.101. The zero-order chi connectivity index (χ0) is 22.9. The van der Waals surface area contributed by atoms with Gasteiger partial charge in [-0.1, -0.05) is 0 Å². The Kier molecular flexibility index (Phi) is 4.31. The van der Waals surface area contributed by atoms with Crippen molar-refractivity contribution in [2.45, 2.75) is 43.8 Å². The first-order valence-electron chi connectivity index (χ1n) is 10.8. The fraction of sp³-hybridized carbons (Fsp3) is 0.429. The molecule has 1 saturated carbocycles. The van der Waals surface area contributed by atoms with Gasteiger partial charge in [0.05, 0.1) is 30.2 Å². The van der Waals surface area contributed by atoms with Gasteiger partial charge in [0.2, 0.25) is 5.95 Å². The van der Waals surface area contributed by atoms with Crippen LogP contribution in [0.4, 0.5) is 19.0 Å². The number of nitrogens with zero attached hydrogens (tertiary/aromatic N) is 6. The van der Waals surface area contributed by atoms with Crippen molar-refractivity contribution >= 4 is 28.0 Å². The Labute approximate surface area is 184 Å². The third-order valence-electron chi connectivity index (χ3n) is 6.44. The number of imidazole rings is 2. The second kappa shape index (κ2) is 7.04. The summed E-state index contributed by atoms with van der Waals surface area (Å²) in [7, 11) is 0. The van der Waals surface area contributed by atoms with Gasteiger partial charge in [0.25, 0.3) is 5.92 Å². The summed E-state index contributed by atoms with van der Waals surface area (Å²) in [4.78, 5) is 30.4. The fourth-order valence-corrected chi connectivity index (χ4v) is 4.77. The number of anilines is 1. The van der Waals surface area contributed by atoms with Crippen molar-refractivity contribution in [1.82, 2.24) is 29.1 Å². The number of aromatic amines is 1. The molecule has 4 aromatic rings. The van der Waals surface area contributed by atoms with E-state index in [9.17, 15) is 23.1 Å². The Bertz CT molecular complexity index is 1430. The zero-order valence-electron chi connectivity index (χ0n) is 17.4. The molecule has 0 radical (unpaired) electrons. The summed E-state index contributed by atoms with van der Waals surface area (Å²) < 4.78 is 44.3. The number of aromatic nitrogens is 6. The Morgan fingerprint density at radius 1 is 1.12 bits per heavy atom. The van der Waals surface area contributed by atoms with E-state index >= 15 is 0 Å². The average molecular weight is 459 g/mol. The molecule has 0 amide bonds. The molecule has 1 aromatic carbocycles. The van der Waals surface area contributed by atoms with Crippen molar-refractivity contribution in [3.05, 3.63) is 40.8 Å². The second-order valence-electron chi connectivity index (χ2n) is 8.77. The number of halogens is 3. The third-order valence-corrected chi connectivity index (χ3v) is 6.44. The molecule has 2 fully saturated rings. The molecule has 1 aliphatic carbocycles. The van der Waals surface area contributed by atoms with Crippen LogP contribution in [0.1, 0.15) is 31.7 Å². The maximum atomic E-state index is 13.9. The predicted molar refractivity (Wildman–Crippen MR) is 113 cm³/mol. The normalized spacial score (nSPS) is 22.7. The van der Waals surface area contributed by atoms with E-state index in [2.05, 4.69) is 19.9 Å². The van der Waals surface area contributed by atoms with Crippen molar-refractivity contribution in [2.75, 3.05) is 18.0 Å². The predicted octanol–water partition coefficient (Wildman–Crippen LogP) is 2.53. The van der Waals surface area contributed by atoms with Gasteiger partial charge in [-0.25, -0.2) is 22.9 Å². The number of fused-ring (bicyclic) bond motifs is 2. The Hall–Kier alpha value is -3.41. The number of aliphatic hydroxyl groups excluding tert-OH is 1. The van der Waals surface area contributed by atoms with Gasteiger partial charge in [0.1, 0.15) is 17.7 Å². The molecule has 1 aliphatic heterocycles. The van der Waals surface area contributed by atoms with E-state index < -0.39 is 36.6 Å². The monoisotopic (exact) mass is 459 g/mol. The average Bonchev–Trinajstić information content (AvgIpc) is 3.32. The van der Waals surface area contributed by atoms with E-state index in [1.54, 1.807) is 0 Å². The lowest BCUT2D eigenvalue weighted by Crippen LogP contribution is -2.56. The first-order valence-corrected chi connectivity index (χ1v) is 10.8. The molecule has 2 N–H and O–H groups in total. The Balaban J connectivity index is 1.56. The molecule has 0 atom stereocenters. The molecule has 2 aliphatic rings. The van der Waals surface area contributed by atoms with Crippen LogP contribution in [0.5, 0.6) is 0 Å². The van der Waals surface area contributed by atoms with Crippen LogP contribution < -0.4 is 10.6 Å². The van der Waals surface area contributed by atoms with E-state index in [4.69, 9.17) is 0 Å². The summed E-state index contributed by atoms with van der Waals surface area (Å²) in [5.41, 5.74) is 1.09. The highest BCUT2D eigenvalue weighted by Gasteiger charge is 2.45. The molecular formula is C21H20F3N7O2. The first kappa shape index (κ1) is 20.2. The van der Waals surface area contributed by atoms with Crippen molar-refractivity contribution in [2.24, 2.45) is 0 Å². The minimum atomic E-state index is -2.84. The number of rotatable bonds is 3. The van der Waals surface area contributed by atoms with Crippen molar-refractivity contribution < 1.29 is 18.3 Å². The van der Waals surface area contributed by atoms with Crippen LogP contribution in [0.25, 0.3) is 28.1 Å². The Morgan fingerprint density at radius 3 is 2.61 bits per heavy atom. The molecular weight excluding hydrogens is 439 g/mol. The molecule has 4 heterocycles. The molecule has 0 bridgehead atoms. The number of nitrogens with one attached hydrogen (secondary N) is 1. The fourth-order valence-electron chi connectivity index (χ4n) is 4.77. The maximum Gasteiger partial charge on any atom is 0.328 e. The van der Waals surface area contributed by atoms with E-state index in [1.807, 2.05) is 0 Å². The molecule has 0 spiro atoms. The maximum absolute atomic E-state index is 13.9. The van der Waals surface area contributed by atoms with E-state index in [-0.39, 0.29) is 29.0 Å². The number of alkyl halides is 2. The summed E-state index contributed by atoms with van der Waals surface area (Å²) in [5, 5.41) is 9.87. The summed E-state index contributed by atoms with van der Waals surface area (Å²) >= 11 is 0. The lowest BCUT2D eigenvalue weighted by molar-refractivity contribution is -0.0265. The van der Waals surface area contributed by atoms with Gasteiger partial charge in [-0.3, -0.25) is 9.13 Å². The number of H-pyrrole nitrogens is 1. The smallest absolute Gasteiger partial charge is 0.328 e. The first-order chi connectivity index (χ1) is 15.8. The van der Waals surface area contributed by atoms with Crippen LogP contribution in [0.15, 0.2) is 29.3 Å². The van der Waals surface area contributed by atoms with Crippen molar-refractivity contribution in [3.63, 3.8) is 0 Å². The zero-order valence-corrected chi connectivity index (χ0v) is 17.4. The van der Waals surface area contributed by atoms with E-state index in [0.29, 0.717) is 36.7 Å². The molecule has 6 rings (SSSR count). The molecule has 9 nitrogen and oxygen atoms in total. The molecule has 0 unspecified atom stereocenters. The highest BCUT2D eigenvalue weighted by molar-refractivity contribution is 5.86. The highest BCUT2D eigenvalue weighted by Crippen LogP contribution is 2.36. The highest BCUT2D eigenvalue weighted by atomic mass is 19.3. The quantitative estimate of drug-likeness (QED) is 0.488. The van der Waals surface area contributed by atoms with Gasteiger partial charge in [-0.05, 0) is 37.8 Å². The lowest BCUT2D eigenvalue weighted by Gasteiger charge is -2.39. The van der Waals surface area contributed by atoms with E-state index in [0.717, 1.165) is 0 Å². The number of hydrogen-bond donors (Lipinski definition) is 2. The van der Waals surface area contributed by atoms with Crippen LogP contribution in [0.3, 0.4) is 0 Å². The third kappa shape index (κ3) is 3.27.